The number of hydrogen-bond acceptors (Lipinski definition) is 2. The van der Waals surface area contributed by atoms with Gasteiger partial charge in [0.05, 0.1) is 0 Å². The summed E-state index contributed by atoms with van der Waals surface area (Å²) in [7, 11) is 0. The van der Waals surface area contributed by atoms with Crippen LogP contribution in [0.25, 0.3) is 0 Å². The third-order valence-corrected chi connectivity index (χ3v) is 3.22. The van der Waals surface area contributed by atoms with Crippen LogP contribution in [0.5, 0.6) is 0 Å². The molecule has 0 aromatic heterocycles. The van der Waals surface area contributed by atoms with Crippen molar-refractivity contribution in [3.05, 3.63) is 0 Å². The van der Waals surface area contributed by atoms with Crippen LogP contribution in [0, 0.1) is 11.8 Å². The van der Waals surface area contributed by atoms with Gasteiger partial charge in [0.25, 0.3) is 0 Å². The van der Waals surface area contributed by atoms with Crippen molar-refractivity contribution in [3.8, 4) is 0 Å². The molecule has 0 saturated carbocycles. The van der Waals surface area contributed by atoms with Crippen molar-refractivity contribution in [1.29, 1.82) is 0 Å². The fraction of sp³-hybridized carbons (Fsp3) is 1.00. The highest BCUT2D eigenvalue weighted by atomic mass is 15.2. The standard InChI is InChI=1S/C11H24N2/c1-9-5-10(2)7-13(6-9)11(3,4)8-12/h9-10H,5-8,12H2,1-4H3/t9-,10-/m0/s1. The Balaban J connectivity index is 2.59. The predicted octanol–water partition coefficient (Wildman–Crippen LogP) is 1.70. The largest absolute Gasteiger partial charge is 0.329 e. The lowest BCUT2D eigenvalue weighted by Crippen LogP contribution is -2.54. The molecule has 13 heavy (non-hydrogen) atoms. The van der Waals surface area contributed by atoms with E-state index in [2.05, 4.69) is 32.6 Å². The Hall–Kier alpha value is -0.0800. The van der Waals surface area contributed by atoms with Crippen molar-refractivity contribution < 1.29 is 0 Å². The summed E-state index contributed by atoms with van der Waals surface area (Å²) in [6.45, 7) is 12.4. The molecule has 1 fully saturated rings. The van der Waals surface area contributed by atoms with E-state index >= 15 is 0 Å². The highest BCUT2D eigenvalue weighted by Crippen LogP contribution is 2.26. The average Bonchev–Trinajstić information content (AvgIpc) is 2.02. The Morgan fingerprint density at radius 1 is 1.23 bits per heavy atom. The van der Waals surface area contributed by atoms with Crippen molar-refractivity contribution in [2.24, 2.45) is 17.6 Å². The molecule has 0 radical (unpaired) electrons. The van der Waals surface area contributed by atoms with E-state index in [4.69, 9.17) is 5.73 Å². The van der Waals surface area contributed by atoms with Gasteiger partial charge in [0.15, 0.2) is 0 Å². The molecule has 1 aliphatic rings. The van der Waals surface area contributed by atoms with Gasteiger partial charge in [-0.2, -0.15) is 0 Å². The molecular formula is C11H24N2. The molecule has 2 N–H and O–H groups in total. The molecule has 2 heteroatoms. The van der Waals surface area contributed by atoms with Crippen molar-refractivity contribution in [3.63, 3.8) is 0 Å². The second-order valence-corrected chi connectivity index (χ2v) is 5.37. The molecule has 1 heterocycles. The number of nitrogens with two attached hydrogens (primary N) is 1. The van der Waals surface area contributed by atoms with Gasteiger partial charge < -0.3 is 5.73 Å². The van der Waals surface area contributed by atoms with E-state index in [1.807, 2.05) is 0 Å². The minimum absolute atomic E-state index is 0.183. The van der Waals surface area contributed by atoms with Crippen LogP contribution in [-0.2, 0) is 0 Å². The number of nitrogens with zero attached hydrogens (tertiary/aromatic N) is 1. The van der Waals surface area contributed by atoms with E-state index in [1.54, 1.807) is 0 Å². The number of likely N-dealkylation sites (tertiary alicyclic amines) is 1. The van der Waals surface area contributed by atoms with Gasteiger partial charge in [-0.25, -0.2) is 0 Å². The minimum atomic E-state index is 0.183. The Kier molecular flexibility index (Phi) is 3.36. The molecule has 0 bridgehead atoms. The highest BCUT2D eigenvalue weighted by Gasteiger charge is 2.31. The first kappa shape index (κ1) is 11.0. The lowest BCUT2D eigenvalue weighted by molar-refractivity contribution is 0.0510. The molecule has 0 spiro atoms. The van der Waals surface area contributed by atoms with Crippen LogP contribution in [0.1, 0.15) is 34.1 Å². The van der Waals surface area contributed by atoms with Gasteiger partial charge in [-0.15, -0.1) is 0 Å². The first-order valence-corrected chi connectivity index (χ1v) is 5.41. The Morgan fingerprint density at radius 3 is 2.08 bits per heavy atom. The van der Waals surface area contributed by atoms with E-state index in [0.717, 1.165) is 18.4 Å². The molecular weight excluding hydrogens is 160 g/mol. The van der Waals surface area contributed by atoms with Crippen LogP contribution in [0.2, 0.25) is 0 Å². The Labute approximate surface area is 82.5 Å². The third-order valence-electron chi connectivity index (χ3n) is 3.22. The SMILES string of the molecule is C[C@H]1C[C@H](C)CN(C(C)(C)CN)C1. The summed E-state index contributed by atoms with van der Waals surface area (Å²) in [6.07, 6.45) is 1.37. The van der Waals surface area contributed by atoms with Gasteiger partial charge in [-0.3, -0.25) is 4.90 Å². The van der Waals surface area contributed by atoms with E-state index < -0.39 is 0 Å². The van der Waals surface area contributed by atoms with Gasteiger partial charge in [0.1, 0.15) is 0 Å². The van der Waals surface area contributed by atoms with Crippen LogP contribution < -0.4 is 5.73 Å². The quantitative estimate of drug-likeness (QED) is 0.708. The molecule has 1 saturated heterocycles. The van der Waals surface area contributed by atoms with Crippen molar-refractivity contribution in [2.45, 2.75) is 39.7 Å². The first-order valence-electron chi connectivity index (χ1n) is 5.41. The van der Waals surface area contributed by atoms with Gasteiger partial charge in [-0.1, -0.05) is 13.8 Å². The fourth-order valence-electron chi connectivity index (χ4n) is 2.29. The summed E-state index contributed by atoms with van der Waals surface area (Å²) < 4.78 is 0. The Morgan fingerprint density at radius 2 is 1.69 bits per heavy atom. The Bertz CT molecular complexity index is 155. The van der Waals surface area contributed by atoms with Crippen LogP contribution >= 0.6 is 0 Å². The zero-order valence-electron chi connectivity index (χ0n) is 9.51. The van der Waals surface area contributed by atoms with Gasteiger partial charge >= 0.3 is 0 Å². The third kappa shape index (κ3) is 2.68. The zero-order valence-corrected chi connectivity index (χ0v) is 9.51. The van der Waals surface area contributed by atoms with Crippen LogP contribution in [0.15, 0.2) is 0 Å². The minimum Gasteiger partial charge on any atom is -0.329 e. The van der Waals surface area contributed by atoms with Gasteiger partial charge in [0.2, 0.25) is 0 Å². The molecule has 0 aromatic carbocycles. The van der Waals surface area contributed by atoms with Crippen molar-refractivity contribution in [2.75, 3.05) is 19.6 Å². The summed E-state index contributed by atoms with van der Waals surface area (Å²) in [5.41, 5.74) is 5.97. The summed E-state index contributed by atoms with van der Waals surface area (Å²) >= 11 is 0. The lowest BCUT2D eigenvalue weighted by Gasteiger charge is -2.44. The molecule has 0 aromatic rings. The molecule has 78 valence electrons. The smallest absolute Gasteiger partial charge is 0.0275 e. The highest BCUT2D eigenvalue weighted by molar-refractivity contribution is 4.87. The second kappa shape index (κ2) is 3.97. The van der Waals surface area contributed by atoms with Crippen LogP contribution in [0.4, 0.5) is 0 Å². The summed E-state index contributed by atoms with van der Waals surface area (Å²) in [4.78, 5) is 2.55. The summed E-state index contributed by atoms with van der Waals surface area (Å²) in [5.74, 6) is 1.66. The predicted molar refractivity (Wildman–Crippen MR) is 57.7 cm³/mol. The molecule has 1 aliphatic heterocycles. The zero-order chi connectivity index (χ0) is 10.1. The maximum Gasteiger partial charge on any atom is 0.0275 e. The maximum absolute atomic E-state index is 5.79. The molecule has 0 amide bonds. The molecule has 0 unspecified atom stereocenters. The summed E-state index contributed by atoms with van der Waals surface area (Å²) in [6, 6.07) is 0. The monoisotopic (exact) mass is 184 g/mol. The maximum atomic E-state index is 5.79. The lowest BCUT2D eigenvalue weighted by atomic mass is 9.88. The van der Waals surface area contributed by atoms with Crippen LogP contribution in [-0.4, -0.2) is 30.1 Å². The summed E-state index contributed by atoms with van der Waals surface area (Å²) in [5, 5.41) is 0. The van der Waals surface area contributed by atoms with Gasteiger partial charge in [0, 0.05) is 25.2 Å². The fourth-order valence-corrected chi connectivity index (χ4v) is 2.29. The molecule has 2 atom stereocenters. The normalized spacial score (nSPS) is 32.1. The molecule has 1 rings (SSSR count). The van der Waals surface area contributed by atoms with E-state index in [0.29, 0.717) is 0 Å². The van der Waals surface area contributed by atoms with Crippen molar-refractivity contribution >= 4 is 0 Å². The number of rotatable bonds is 2. The topological polar surface area (TPSA) is 29.3 Å². The first-order chi connectivity index (χ1) is 5.95. The van der Waals surface area contributed by atoms with Crippen LogP contribution in [0.3, 0.4) is 0 Å². The number of piperidine rings is 1. The van der Waals surface area contributed by atoms with Crippen molar-refractivity contribution in [1.82, 2.24) is 4.90 Å². The van der Waals surface area contributed by atoms with E-state index in [9.17, 15) is 0 Å². The van der Waals surface area contributed by atoms with E-state index in [-0.39, 0.29) is 5.54 Å². The number of hydrogen-bond donors (Lipinski definition) is 1. The van der Waals surface area contributed by atoms with Gasteiger partial charge in [-0.05, 0) is 32.1 Å². The molecule has 2 nitrogen and oxygen atoms in total. The average molecular weight is 184 g/mol. The van der Waals surface area contributed by atoms with E-state index in [1.165, 1.54) is 19.5 Å². The second-order valence-electron chi connectivity index (χ2n) is 5.37. The molecule has 0 aliphatic carbocycles.